The van der Waals surface area contributed by atoms with Crippen molar-refractivity contribution in [1.29, 1.82) is 5.41 Å². The molecule has 0 amide bonds. The molecule has 3 nitrogen and oxygen atoms in total. The first-order valence-corrected chi connectivity index (χ1v) is 6.43. The molecule has 0 unspecified atom stereocenters. The van der Waals surface area contributed by atoms with Crippen LogP contribution in [0.15, 0.2) is 24.3 Å². The molecule has 17 heavy (non-hydrogen) atoms. The number of benzene rings is 1. The lowest BCUT2D eigenvalue weighted by Crippen LogP contribution is -2.26. The number of nitrogens with zero attached hydrogens (tertiary/aromatic N) is 1. The van der Waals surface area contributed by atoms with Crippen molar-refractivity contribution in [3.05, 3.63) is 29.8 Å². The summed E-state index contributed by atoms with van der Waals surface area (Å²) in [6.07, 6.45) is 5.11. The number of anilines is 1. The molecule has 0 bridgehead atoms. The predicted octanol–water partition coefficient (Wildman–Crippen LogP) is 2.74. The summed E-state index contributed by atoms with van der Waals surface area (Å²) >= 11 is 0. The summed E-state index contributed by atoms with van der Waals surface area (Å²) < 4.78 is 0. The molecule has 1 aliphatic carbocycles. The highest BCUT2D eigenvalue weighted by molar-refractivity contribution is 5.95. The summed E-state index contributed by atoms with van der Waals surface area (Å²) in [6, 6.07) is 8.80. The average molecular weight is 231 g/mol. The number of hydrogen-bond donors (Lipinski definition) is 2. The first-order chi connectivity index (χ1) is 8.22. The zero-order chi connectivity index (χ0) is 12.3. The summed E-state index contributed by atoms with van der Waals surface area (Å²) in [7, 11) is 0. The van der Waals surface area contributed by atoms with Crippen molar-refractivity contribution in [1.82, 2.24) is 0 Å². The Labute approximate surface area is 103 Å². The van der Waals surface area contributed by atoms with Gasteiger partial charge in [-0.2, -0.15) is 0 Å². The molecule has 0 aromatic heterocycles. The van der Waals surface area contributed by atoms with Gasteiger partial charge < -0.3 is 10.6 Å². The van der Waals surface area contributed by atoms with Crippen LogP contribution in [-0.2, 0) is 0 Å². The maximum absolute atomic E-state index is 7.39. The minimum atomic E-state index is 0.142. The van der Waals surface area contributed by atoms with Gasteiger partial charge in [-0.15, -0.1) is 0 Å². The molecule has 1 fully saturated rings. The van der Waals surface area contributed by atoms with E-state index < -0.39 is 0 Å². The van der Waals surface area contributed by atoms with Crippen molar-refractivity contribution in [2.75, 3.05) is 11.4 Å². The van der Waals surface area contributed by atoms with Crippen molar-refractivity contribution < 1.29 is 0 Å². The van der Waals surface area contributed by atoms with Gasteiger partial charge in [0.1, 0.15) is 5.84 Å². The molecule has 1 saturated carbocycles. The number of amidine groups is 1. The number of nitrogen functional groups attached to an aromatic ring is 1. The minimum absolute atomic E-state index is 0.142. The Hall–Kier alpha value is -1.51. The van der Waals surface area contributed by atoms with Crippen molar-refractivity contribution in [2.45, 2.75) is 38.6 Å². The number of hydrogen-bond acceptors (Lipinski definition) is 2. The Morgan fingerprint density at radius 2 is 2.00 bits per heavy atom. The van der Waals surface area contributed by atoms with E-state index in [0.717, 1.165) is 18.2 Å². The number of nitrogens with two attached hydrogens (primary N) is 1. The second-order valence-electron chi connectivity index (χ2n) is 4.74. The van der Waals surface area contributed by atoms with E-state index in [1.165, 1.54) is 31.4 Å². The molecule has 0 aliphatic heterocycles. The Morgan fingerprint density at radius 1 is 1.35 bits per heavy atom. The van der Waals surface area contributed by atoms with Gasteiger partial charge in [0.15, 0.2) is 0 Å². The van der Waals surface area contributed by atoms with E-state index in [1.54, 1.807) is 0 Å². The average Bonchev–Trinajstić information content (AvgIpc) is 3.14. The molecular weight excluding hydrogens is 210 g/mol. The fourth-order valence-electron chi connectivity index (χ4n) is 2.07. The Balaban J connectivity index is 2.09. The molecule has 0 spiro atoms. The van der Waals surface area contributed by atoms with Crippen LogP contribution >= 0.6 is 0 Å². The maximum atomic E-state index is 7.39. The number of rotatable bonds is 6. The molecule has 0 radical (unpaired) electrons. The third kappa shape index (κ3) is 2.99. The third-order valence-electron chi connectivity index (χ3n) is 3.25. The second kappa shape index (κ2) is 5.21. The lowest BCUT2D eigenvalue weighted by molar-refractivity contribution is 0.713. The van der Waals surface area contributed by atoms with Crippen LogP contribution in [0.2, 0.25) is 0 Å². The van der Waals surface area contributed by atoms with Crippen molar-refractivity contribution in [3.63, 3.8) is 0 Å². The van der Waals surface area contributed by atoms with Crippen LogP contribution in [-0.4, -0.2) is 18.4 Å². The quantitative estimate of drug-likeness (QED) is 0.584. The summed E-state index contributed by atoms with van der Waals surface area (Å²) in [4.78, 5) is 2.49. The zero-order valence-corrected chi connectivity index (χ0v) is 10.4. The lowest BCUT2D eigenvalue weighted by atomic mass is 10.1. The third-order valence-corrected chi connectivity index (χ3v) is 3.25. The van der Waals surface area contributed by atoms with E-state index >= 15 is 0 Å². The normalized spacial score (nSPS) is 14.6. The number of unbranched alkanes of at least 4 members (excludes halogenated alkanes) is 1. The van der Waals surface area contributed by atoms with Crippen LogP contribution in [0.1, 0.15) is 38.2 Å². The first kappa shape index (κ1) is 12.0. The molecule has 3 heteroatoms. The van der Waals surface area contributed by atoms with Gasteiger partial charge in [-0.05, 0) is 43.5 Å². The fraction of sp³-hybridized carbons (Fsp3) is 0.500. The lowest BCUT2D eigenvalue weighted by Gasteiger charge is -2.24. The number of nitrogens with one attached hydrogen (secondary N) is 1. The topological polar surface area (TPSA) is 53.1 Å². The standard InChI is InChI=1S/C14H21N3/c1-2-3-10-17(13-8-9-13)12-6-4-11(5-7-12)14(15)16/h4-7,13H,2-3,8-10H2,1H3,(H3,15,16). The second-order valence-corrected chi connectivity index (χ2v) is 4.74. The zero-order valence-electron chi connectivity index (χ0n) is 10.4. The molecule has 0 heterocycles. The van der Waals surface area contributed by atoms with Gasteiger partial charge >= 0.3 is 0 Å². The summed E-state index contributed by atoms with van der Waals surface area (Å²) in [5, 5.41) is 7.39. The molecular formula is C14H21N3. The van der Waals surface area contributed by atoms with E-state index in [2.05, 4.69) is 24.0 Å². The van der Waals surface area contributed by atoms with Gasteiger partial charge in [-0.25, -0.2) is 0 Å². The molecule has 0 atom stereocenters. The van der Waals surface area contributed by atoms with Gasteiger partial charge in [-0.1, -0.05) is 13.3 Å². The van der Waals surface area contributed by atoms with Gasteiger partial charge in [-0.3, -0.25) is 5.41 Å². The smallest absolute Gasteiger partial charge is 0.122 e. The first-order valence-electron chi connectivity index (χ1n) is 6.43. The Morgan fingerprint density at radius 3 is 2.47 bits per heavy atom. The molecule has 2 rings (SSSR count). The van der Waals surface area contributed by atoms with E-state index in [1.807, 2.05) is 12.1 Å². The summed E-state index contributed by atoms with van der Waals surface area (Å²) in [5.41, 5.74) is 7.54. The van der Waals surface area contributed by atoms with Gasteiger partial charge in [0.25, 0.3) is 0 Å². The van der Waals surface area contributed by atoms with Crippen LogP contribution in [0, 0.1) is 5.41 Å². The minimum Gasteiger partial charge on any atom is -0.384 e. The Kier molecular flexibility index (Phi) is 3.67. The largest absolute Gasteiger partial charge is 0.384 e. The molecule has 1 aliphatic rings. The van der Waals surface area contributed by atoms with Gasteiger partial charge in [0.2, 0.25) is 0 Å². The van der Waals surface area contributed by atoms with Crippen molar-refractivity contribution >= 4 is 11.5 Å². The summed E-state index contributed by atoms with van der Waals surface area (Å²) in [5.74, 6) is 0.142. The van der Waals surface area contributed by atoms with E-state index in [0.29, 0.717) is 0 Å². The van der Waals surface area contributed by atoms with Crippen LogP contribution in [0.5, 0.6) is 0 Å². The Bertz CT molecular complexity index is 379. The fourth-order valence-corrected chi connectivity index (χ4v) is 2.07. The highest BCUT2D eigenvalue weighted by atomic mass is 15.2. The van der Waals surface area contributed by atoms with Crippen LogP contribution in [0.4, 0.5) is 5.69 Å². The van der Waals surface area contributed by atoms with Crippen LogP contribution < -0.4 is 10.6 Å². The summed E-state index contributed by atoms with van der Waals surface area (Å²) in [6.45, 7) is 3.37. The highest BCUT2D eigenvalue weighted by Gasteiger charge is 2.28. The van der Waals surface area contributed by atoms with Crippen molar-refractivity contribution in [3.8, 4) is 0 Å². The van der Waals surface area contributed by atoms with Crippen LogP contribution in [0.3, 0.4) is 0 Å². The highest BCUT2D eigenvalue weighted by Crippen LogP contribution is 2.31. The molecule has 1 aromatic rings. The SMILES string of the molecule is CCCCN(c1ccc(C(=N)N)cc1)C1CC1. The monoisotopic (exact) mass is 231 g/mol. The van der Waals surface area contributed by atoms with Gasteiger partial charge in [0, 0.05) is 23.8 Å². The maximum Gasteiger partial charge on any atom is 0.122 e. The molecule has 0 saturated heterocycles. The van der Waals surface area contributed by atoms with Gasteiger partial charge in [0.05, 0.1) is 0 Å². The van der Waals surface area contributed by atoms with Crippen molar-refractivity contribution in [2.24, 2.45) is 5.73 Å². The molecule has 3 N–H and O–H groups in total. The molecule has 92 valence electrons. The van der Waals surface area contributed by atoms with Crippen LogP contribution in [0.25, 0.3) is 0 Å². The molecule has 1 aromatic carbocycles. The van der Waals surface area contributed by atoms with E-state index in [4.69, 9.17) is 11.1 Å². The van der Waals surface area contributed by atoms with E-state index in [-0.39, 0.29) is 5.84 Å². The predicted molar refractivity (Wildman–Crippen MR) is 72.7 cm³/mol. The van der Waals surface area contributed by atoms with E-state index in [9.17, 15) is 0 Å².